The fraction of sp³-hybridized carbons (Fsp3) is 0.824. The molecule has 11 heteroatoms. The Kier molecular flexibility index (Phi) is 7.76. The van der Waals surface area contributed by atoms with Crippen LogP contribution in [0, 0.1) is 0 Å². The quantitative estimate of drug-likeness (QED) is 0.260. The van der Waals surface area contributed by atoms with Gasteiger partial charge in [-0.1, -0.05) is 0 Å². The number of hydrogen-bond acceptors (Lipinski definition) is 10. The van der Waals surface area contributed by atoms with E-state index in [1.807, 2.05) is 0 Å². The fourth-order valence-electron chi connectivity index (χ4n) is 3.65. The summed E-state index contributed by atoms with van der Waals surface area (Å²) >= 11 is 0. The molecule has 1 aliphatic carbocycles. The number of nitrogens with zero attached hydrogens (tertiary/aromatic N) is 1. The van der Waals surface area contributed by atoms with Crippen LogP contribution in [0.5, 0.6) is 0 Å². The lowest BCUT2D eigenvalue weighted by Gasteiger charge is -2.49. The third-order valence-corrected chi connectivity index (χ3v) is 5.35. The molecule has 2 aliphatic rings. The molecule has 0 aromatic heterocycles. The molecular formula is C17H33N5O6. The number of amides is 1. The molecule has 162 valence electrons. The Labute approximate surface area is 164 Å². The summed E-state index contributed by atoms with van der Waals surface area (Å²) in [6.07, 6.45) is -3.13. The molecule has 0 aromatic rings. The van der Waals surface area contributed by atoms with Gasteiger partial charge in [-0.3, -0.25) is 4.79 Å². The summed E-state index contributed by atoms with van der Waals surface area (Å²) in [6, 6.07) is -2.80. The molecule has 1 saturated carbocycles. The molecule has 1 aliphatic heterocycles. The van der Waals surface area contributed by atoms with Crippen LogP contribution in [0.1, 0.15) is 13.3 Å². The standard InChI is InChI=1S/C17H33N5O6/c1-7(19)9-5-4-8(20)17(27-9)28-15-11(21)13(24)16(26-3)12(14(15)25)22(2)10(23)6-18/h5,7-8,11-17,24-25H,4,6,18-21H2,1-3H3/t7-,8?,11?,12?,13?,14?,15?,16?,17?/m0/s1. The molecular weight excluding hydrogens is 370 g/mol. The number of ether oxygens (including phenoxy) is 3. The number of likely N-dealkylation sites (N-methyl/N-ethyl adjacent to an activating group) is 1. The van der Waals surface area contributed by atoms with Gasteiger partial charge in [0.05, 0.1) is 36.8 Å². The molecule has 28 heavy (non-hydrogen) atoms. The van der Waals surface area contributed by atoms with E-state index in [0.29, 0.717) is 12.2 Å². The number of nitrogens with two attached hydrogens (primary N) is 4. The molecule has 8 unspecified atom stereocenters. The maximum absolute atomic E-state index is 12.1. The molecule has 9 atom stereocenters. The van der Waals surface area contributed by atoms with Crippen molar-refractivity contribution in [1.82, 2.24) is 4.90 Å². The van der Waals surface area contributed by atoms with Gasteiger partial charge in [-0.2, -0.15) is 0 Å². The maximum atomic E-state index is 12.1. The molecule has 0 bridgehead atoms. The number of rotatable bonds is 6. The van der Waals surface area contributed by atoms with Crippen molar-refractivity contribution >= 4 is 5.91 Å². The van der Waals surface area contributed by atoms with E-state index in [0.717, 1.165) is 0 Å². The van der Waals surface area contributed by atoms with Crippen molar-refractivity contribution in [3.8, 4) is 0 Å². The van der Waals surface area contributed by atoms with Gasteiger partial charge in [0, 0.05) is 14.2 Å². The summed E-state index contributed by atoms with van der Waals surface area (Å²) in [7, 11) is 2.83. The molecule has 1 fully saturated rings. The first kappa shape index (κ1) is 23.0. The third-order valence-electron chi connectivity index (χ3n) is 5.35. The smallest absolute Gasteiger partial charge is 0.236 e. The van der Waals surface area contributed by atoms with E-state index in [1.54, 1.807) is 13.0 Å². The van der Waals surface area contributed by atoms with E-state index in [9.17, 15) is 15.0 Å². The van der Waals surface area contributed by atoms with Crippen LogP contribution in [0.25, 0.3) is 0 Å². The Morgan fingerprint density at radius 3 is 2.54 bits per heavy atom. The zero-order chi connectivity index (χ0) is 21.2. The topological polar surface area (TPSA) is 193 Å². The van der Waals surface area contributed by atoms with Crippen LogP contribution >= 0.6 is 0 Å². The molecule has 0 saturated heterocycles. The number of hydrogen-bond donors (Lipinski definition) is 6. The Morgan fingerprint density at radius 2 is 2.00 bits per heavy atom. The maximum Gasteiger partial charge on any atom is 0.236 e. The van der Waals surface area contributed by atoms with Crippen molar-refractivity contribution in [2.24, 2.45) is 22.9 Å². The molecule has 11 nitrogen and oxygen atoms in total. The van der Waals surface area contributed by atoms with Crippen molar-refractivity contribution in [2.75, 3.05) is 20.7 Å². The van der Waals surface area contributed by atoms with Gasteiger partial charge < -0.3 is 52.3 Å². The highest BCUT2D eigenvalue weighted by Gasteiger charge is 2.53. The second-order valence-electron chi connectivity index (χ2n) is 7.34. The summed E-state index contributed by atoms with van der Waals surface area (Å²) in [5, 5.41) is 21.6. The van der Waals surface area contributed by atoms with E-state index in [1.165, 1.54) is 19.1 Å². The second-order valence-corrected chi connectivity index (χ2v) is 7.34. The number of carbonyl (C=O) groups excluding carboxylic acids is 1. The number of aliphatic hydroxyl groups is 2. The average Bonchev–Trinajstić information content (AvgIpc) is 2.67. The summed E-state index contributed by atoms with van der Waals surface area (Å²) < 4.78 is 16.9. The summed E-state index contributed by atoms with van der Waals surface area (Å²) in [5.41, 5.74) is 23.5. The molecule has 1 amide bonds. The van der Waals surface area contributed by atoms with Crippen molar-refractivity contribution in [3.63, 3.8) is 0 Å². The largest absolute Gasteiger partial charge is 0.466 e. The Balaban J connectivity index is 2.25. The Hall–Kier alpha value is -1.31. The summed E-state index contributed by atoms with van der Waals surface area (Å²) in [5.74, 6) is 0.0909. The first-order valence-corrected chi connectivity index (χ1v) is 9.27. The van der Waals surface area contributed by atoms with E-state index in [-0.39, 0.29) is 12.6 Å². The van der Waals surface area contributed by atoms with E-state index in [4.69, 9.17) is 37.1 Å². The zero-order valence-electron chi connectivity index (χ0n) is 16.5. The Morgan fingerprint density at radius 1 is 1.36 bits per heavy atom. The fourth-order valence-corrected chi connectivity index (χ4v) is 3.65. The van der Waals surface area contributed by atoms with Gasteiger partial charge in [-0.25, -0.2) is 0 Å². The highest BCUT2D eigenvalue weighted by atomic mass is 16.7. The lowest BCUT2D eigenvalue weighted by Crippen LogP contribution is -2.72. The van der Waals surface area contributed by atoms with E-state index >= 15 is 0 Å². The van der Waals surface area contributed by atoms with Crippen molar-refractivity contribution in [2.45, 2.75) is 68.2 Å². The highest BCUT2D eigenvalue weighted by Crippen LogP contribution is 2.30. The van der Waals surface area contributed by atoms with Gasteiger partial charge in [0.1, 0.15) is 24.1 Å². The second kappa shape index (κ2) is 9.46. The molecule has 1 heterocycles. The van der Waals surface area contributed by atoms with Crippen LogP contribution < -0.4 is 22.9 Å². The molecule has 0 aromatic carbocycles. The minimum atomic E-state index is -1.27. The molecule has 0 spiro atoms. The minimum absolute atomic E-state index is 0.261. The third kappa shape index (κ3) is 4.47. The van der Waals surface area contributed by atoms with Crippen LogP contribution in [0.15, 0.2) is 11.8 Å². The Bertz CT molecular complexity index is 576. The van der Waals surface area contributed by atoms with Gasteiger partial charge in [0.25, 0.3) is 0 Å². The van der Waals surface area contributed by atoms with Crippen molar-refractivity contribution < 1.29 is 29.2 Å². The van der Waals surface area contributed by atoms with Crippen LogP contribution in [0.4, 0.5) is 0 Å². The van der Waals surface area contributed by atoms with Crippen molar-refractivity contribution in [1.29, 1.82) is 0 Å². The van der Waals surface area contributed by atoms with E-state index < -0.39 is 54.7 Å². The van der Waals surface area contributed by atoms with Crippen LogP contribution in [0.2, 0.25) is 0 Å². The number of aliphatic hydroxyl groups excluding tert-OH is 2. The summed E-state index contributed by atoms with van der Waals surface area (Å²) in [6.45, 7) is 1.50. The lowest BCUT2D eigenvalue weighted by atomic mass is 9.80. The monoisotopic (exact) mass is 403 g/mol. The van der Waals surface area contributed by atoms with Gasteiger partial charge in [-0.15, -0.1) is 0 Å². The highest BCUT2D eigenvalue weighted by molar-refractivity contribution is 5.78. The lowest BCUT2D eigenvalue weighted by molar-refractivity contribution is -0.239. The normalized spacial score (nSPS) is 39.7. The first-order valence-electron chi connectivity index (χ1n) is 9.27. The predicted octanol–water partition coefficient (Wildman–Crippen LogP) is -3.46. The molecule has 0 radical (unpaired) electrons. The van der Waals surface area contributed by atoms with Crippen LogP contribution in [-0.2, 0) is 19.0 Å². The minimum Gasteiger partial charge on any atom is -0.466 e. The van der Waals surface area contributed by atoms with Crippen LogP contribution in [0.3, 0.4) is 0 Å². The van der Waals surface area contributed by atoms with Gasteiger partial charge in [-0.05, 0) is 19.4 Å². The van der Waals surface area contributed by atoms with Gasteiger partial charge in [0.2, 0.25) is 12.2 Å². The first-order chi connectivity index (χ1) is 13.1. The van der Waals surface area contributed by atoms with Crippen molar-refractivity contribution in [3.05, 3.63) is 11.8 Å². The molecule has 2 rings (SSSR count). The van der Waals surface area contributed by atoms with E-state index in [2.05, 4.69) is 0 Å². The van der Waals surface area contributed by atoms with Crippen LogP contribution in [-0.4, -0.2) is 96.6 Å². The average molecular weight is 403 g/mol. The summed E-state index contributed by atoms with van der Waals surface area (Å²) in [4.78, 5) is 13.3. The zero-order valence-corrected chi connectivity index (χ0v) is 16.5. The predicted molar refractivity (Wildman–Crippen MR) is 100 cm³/mol. The van der Waals surface area contributed by atoms with Gasteiger partial charge in [0.15, 0.2) is 0 Å². The number of carbonyl (C=O) groups is 1. The SMILES string of the molecule is COC1C(O)C(N)C(OC2OC([C@H](C)N)=CCC2N)C(O)C1N(C)C(=O)CN. The van der Waals surface area contributed by atoms with Gasteiger partial charge >= 0.3 is 0 Å². The number of methoxy groups -OCH3 is 1. The molecule has 10 N–H and O–H groups in total.